The molecule has 1 heterocycles. The van der Waals surface area contributed by atoms with Gasteiger partial charge < -0.3 is 10.3 Å². The third-order valence-corrected chi connectivity index (χ3v) is 2.68. The van der Waals surface area contributed by atoms with Crippen LogP contribution in [-0.2, 0) is 12.8 Å². The fraction of sp³-hybridized carbons (Fsp3) is 0.333. The van der Waals surface area contributed by atoms with Crippen molar-refractivity contribution in [3.8, 4) is 0 Å². The molecule has 1 atom stereocenters. The van der Waals surface area contributed by atoms with Crippen molar-refractivity contribution in [2.24, 2.45) is 5.73 Å². The minimum absolute atomic E-state index is 0.0544. The Bertz CT molecular complexity index is 542. The molecule has 0 spiro atoms. The number of hydrogen-bond acceptors (Lipinski definition) is 4. The van der Waals surface area contributed by atoms with Crippen LogP contribution in [0.5, 0.6) is 0 Å². The Balaban J connectivity index is 2.14. The van der Waals surface area contributed by atoms with Crippen molar-refractivity contribution in [1.82, 2.24) is 10.1 Å². The summed E-state index contributed by atoms with van der Waals surface area (Å²) in [7, 11) is 0. The summed E-state index contributed by atoms with van der Waals surface area (Å²) in [6.07, 6.45) is 0.750. The van der Waals surface area contributed by atoms with Gasteiger partial charge >= 0.3 is 0 Å². The van der Waals surface area contributed by atoms with Crippen LogP contribution in [0.25, 0.3) is 0 Å². The molecule has 0 saturated carbocycles. The van der Waals surface area contributed by atoms with Gasteiger partial charge in [-0.15, -0.1) is 0 Å². The first-order valence-electron chi connectivity index (χ1n) is 5.56. The van der Waals surface area contributed by atoms with Gasteiger partial charge in [-0.05, 0) is 18.6 Å². The Morgan fingerprint density at radius 3 is 3.00 bits per heavy atom. The van der Waals surface area contributed by atoms with E-state index in [0.717, 1.165) is 0 Å². The first kappa shape index (κ1) is 13.0. The van der Waals surface area contributed by atoms with E-state index < -0.39 is 5.82 Å². The molecular weight excluding hydrogens is 257 g/mol. The highest BCUT2D eigenvalue weighted by molar-refractivity contribution is 6.30. The smallest absolute Gasteiger partial charge is 0.228 e. The Morgan fingerprint density at radius 2 is 2.28 bits per heavy atom. The van der Waals surface area contributed by atoms with E-state index in [-0.39, 0.29) is 17.5 Å². The molecule has 1 aromatic carbocycles. The minimum atomic E-state index is -0.447. The van der Waals surface area contributed by atoms with E-state index in [9.17, 15) is 4.39 Å². The van der Waals surface area contributed by atoms with Crippen LogP contribution in [0.3, 0.4) is 0 Å². The average Bonchev–Trinajstić information content (AvgIpc) is 2.71. The van der Waals surface area contributed by atoms with Crippen molar-refractivity contribution in [1.29, 1.82) is 0 Å². The van der Waals surface area contributed by atoms with Gasteiger partial charge in [0, 0.05) is 18.9 Å². The van der Waals surface area contributed by atoms with Crippen LogP contribution in [0.4, 0.5) is 4.39 Å². The average molecular weight is 270 g/mol. The highest BCUT2D eigenvalue weighted by atomic mass is 35.5. The number of hydrogen-bond donors (Lipinski definition) is 1. The molecule has 2 N–H and O–H groups in total. The Morgan fingerprint density at radius 1 is 1.50 bits per heavy atom. The second-order valence-electron chi connectivity index (χ2n) is 4.18. The summed E-state index contributed by atoms with van der Waals surface area (Å²) in [5.41, 5.74) is 6.07. The second-order valence-corrected chi connectivity index (χ2v) is 4.58. The third kappa shape index (κ3) is 3.05. The van der Waals surface area contributed by atoms with Crippen molar-refractivity contribution in [3.63, 3.8) is 0 Å². The molecule has 0 saturated heterocycles. The SMILES string of the molecule is CC(N)Cc1nc(Cc2cccc(Cl)c2F)no1. The Kier molecular flexibility index (Phi) is 3.93. The lowest BCUT2D eigenvalue weighted by Gasteiger charge is -2.00. The predicted octanol–water partition coefficient (Wildman–Crippen LogP) is 2.34. The van der Waals surface area contributed by atoms with Gasteiger partial charge in [-0.3, -0.25) is 0 Å². The van der Waals surface area contributed by atoms with Crippen molar-refractivity contribution in [2.75, 3.05) is 0 Å². The first-order valence-corrected chi connectivity index (χ1v) is 5.94. The zero-order chi connectivity index (χ0) is 13.1. The van der Waals surface area contributed by atoms with E-state index in [4.69, 9.17) is 21.9 Å². The Labute approximate surface area is 109 Å². The van der Waals surface area contributed by atoms with Crippen LogP contribution in [-0.4, -0.2) is 16.2 Å². The fourth-order valence-corrected chi connectivity index (χ4v) is 1.77. The topological polar surface area (TPSA) is 64.9 Å². The summed E-state index contributed by atoms with van der Waals surface area (Å²) in [5, 5.41) is 3.87. The number of rotatable bonds is 4. The first-order chi connectivity index (χ1) is 8.56. The standard InChI is InChI=1S/C12H13ClFN3O/c1-7(15)5-11-16-10(17-18-11)6-8-3-2-4-9(13)12(8)14/h2-4,7H,5-6,15H2,1H3. The van der Waals surface area contributed by atoms with Crippen LogP contribution < -0.4 is 5.73 Å². The summed E-state index contributed by atoms with van der Waals surface area (Å²) < 4.78 is 18.7. The van der Waals surface area contributed by atoms with E-state index in [0.29, 0.717) is 23.7 Å². The minimum Gasteiger partial charge on any atom is -0.339 e. The number of benzene rings is 1. The molecule has 0 aliphatic heterocycles. The van der Waals surface area contributed by atoms with Crippen LogP contribution >= 0.6 is 11.6 Å². The lowest BCUT2D eigenvalue weighted by molar-refractivity contribution is 0.367. The molecular formula is C12H13ClFN3O. The lowest BCUT2D eigenvalue weighted by atomic mass is 10.1. The van der Waals surface area contributed by atoms with E-state index in [2.05, 4.69) is 10.1 Å². The number of halogens is 2. The maximum absolute atomic E-state index is 13.7. The summed E-state index contributed by atoms with van der Waals surface area (Å²) >= 11 is 5.70. The van der Waals surface area contributed by atoms with Gasteiger partial charge in [0.2, 0.25) is 5.89 Å². The number of nitrogens with zero attached hydrogens (tertiary/aromatic N) is 2. The quantitative estimate of drug-likeness (QED) is 0.925. The van der Waals surface area contributed by atoms with Gasteiger partial charge in [0.05, 0.1) is 5.02 Å². The van der Waals surface area contributed by atoms with Crippen molar-refractivity contribution in [2.45, 2.75) is 25.8 Å². The molecule has 0 aliphatic rings. The molecule has 0 fully saturated rings. The highest BCUT2D eigenvalue weighted by Gasteiger charge is 2.12. The second kappa shape index (κ2) is 5.46. The van der Waals surface area contributed by atoms with Crippen LogP contribution in [0.15, 0.2) is 22.7 Å². The molecule has 1 unspecified atom stereocenters. The zero-order valence-electron chi connectivity index (χ0n) is 9.86. The molecule has 96 valence electrons. The molecule has 0 radical (unpaired) electrons. The van der Waals surface area contributed by atoms with Crippen molar-refractivity contribution in [3.05, 3.63) is 46.3 Å². The number of aromatic nitrogens is 2. The highest BCUT2D eigenvalue weighted by Crippen LogP contribution is 2.19. The summed E-state index contributed by atoms with van der Waals surface area (Å²) in [4.78, 5) is 4.15. The van der Waals surface area contributed by atoms with E-state index in [1.165, 1.54) is 6.07 Å². The molecule has 18 heavy (non-hydrogen) atoms. The molecule has 2 rings (SSSR count). The molecule has 2 aromatic rings. The normalized spacial score (nSPS) is 12.7. The molecule has 0 bridgehead atoms. The van der Waals surface area contributed by atoms with Gasteiger partial charge in [0.25, 0.3) is 0 Å². The van der Waals surface area contributed by atoms with Crippen LogP contribution in [0.1, 0.15) is 24.2 Å². The Hall–Kier alpha value is -1.46. The van der Waals surface area contributed by atoms with E-state index in [1.54, 1.807) is 12.1 Å². The summed E-state index contributed by atoms with van der Waals surface area (Å²) in [5.74, 6) is 0.437. The molecule has 1 aromatic heterocycles. The van der Waals surface area contributed by atoms with Gasteiger partial charge in [-0.2, -0.15) is 4.98 Å². The molecule has 6 heteroatoms. The third-order valence-electron chi connectivity index (χ3n) is 2.39. The maximum Gasteiger partial charge on any atom is 0.228 e. The largest absolute Gasteiger partial charge is 0.339 e. The van der Waals surface area contributed by atoms with Crippen LogP contribution in [0, 0.1) is 5.82 Å². The molecule has 0 amide bonds. The van der Waals surface area contributed by atoms with Gasteiger partial charge in [-0.1, -0.05) is 28.9 Å². The molecule has 0 aliphatic carbocycles. The van der Waals surface area contributed by atoms with Gasteiger partial charge in [0.1, 0.15) is 5.82 Å². The number of nitrogens with two attached hydrogens (primary N) is 1. The molecule has 4 nitrogen and oxygen atoms in total. The zero-order valence-corrected chi connectivity index (χ0v) is 10.6. The predicted molar refractivity (Wildman–Crippen MR) is 65.9 cm³/mol. The van der Waals surface area contributed by atoms with Crippen molar-refractivity contribution < 1.29 is 8.91 Å². The van der Waals surface area contributed by atoms with Crippen molar-refractivity contribution >= 4 is 11.6 Å². The van der Waals surface area contributed by atoms with Gasteiger partial charge in [-0.25, -0.2) is 4.39 Å². The summed E-state index contributed by atoms with van der Waals surface area (Å²) in [6.45, 7) is 1.85. The maximum atomic E-state index is 13.7. The fourth-order valence-electron chi connectivity index (χ4n) is 1.58. The summed E-state index contributed by atoms with van der Waals surface area (Å²) in [6, 6.07) is 4.77. The van der Waals surface area contributed by atoms with Crippen LogP contribution in [0.2, 0.25) is 5.02 Å². The van der Waals surface area contributed by atoms with E-state index in [1.807, 2.05) is 6.92 Å². The monoisotopic (exact) mass is 269 g/mol. The van der Waals surface area contributed by atoms with E-state index >= 15 is 0 Å². The van der Waals surface area contributed by atoms with Gasteiger partial charge in [0.15, 0.2) is 5.82 Å². The lowest BCUT2D eigenvalue weighted by Crippen LogP contribution is -2.17.